The third-order valence-electron chi connectivity index (χ3n) is 11.9. The molecule has 2 bridgehead atoms. The third kappa shape index (κ3) is 4.87. The summed E-state index contributed by atoms with van der Waals surface area (Å²) in [6.07, 6.45) is -1.80. The van der Waals surface area contributed by atoms with E-state index in [1.165, 1.54) is 0 Å². The Hall–Kier alpha value is -0.442. The molecule has 0 spiro atoms. The van der Waals surface area contributed by atoms with Crippen molar-refractivity contribution in [3.05, 3.63) is 41.5 Å². The molecule has 9 atom stereocenters. The summed E-state index contributed by atoms with van der Waals surface area (Å²) in [5.41, 5.74) is -4.27. The van der Waals surface area contributed by atoms with Gasteiger partial charge in [-0.3, -0.25) is 9.59 Å². The summed E-state index contributed by atoms with van der Waals surface area (Å²) in [6, 6.07) is 9.99. The van der Waals surface area contributed by atoms with Crippen molar-refractivity contribution in [2.45, 2.75) is 109 Å². The number of aliphatic hydroxyl groups is 3. The van der Waals surface area contributed by atoms with Crippen molar-refractivity contribution in [2.75, 3.05) is 6.61 Å². The number of fused-ring (bicyclic) bond motifs is 5. The second kappa shape index (κ2) is 11.1. The second-order valence-electron chi connectivity index (χ2n) is 14.9. The van der Waals surface area contributed by atoms with Gasteiger partial charge in [-0.2, -0.15) is 0 Å². The number of hydrogen-bond donors (Lipinski definition) is 3. The minimum absolute atomic E-state index is 0. The fourth-order valence-corrected chi connectivity index (χ4v) is 11.2. The topological polar surface area (TPSA) is 123 Å². The van der Waals surface area contributed by atoms with E-state index in [1.807, 2.05) is 58.0 Å². The van der Waals surface area contributed by atoms with Crippen LogP contribution >= 0.6 is 0 Å². The van der Waals surface area contributed by atoms with Crippen LogP contribution < -0.4 is 5.19 Å². The van der Waals surface area contributed by atoms with E-state index in [0.29, 0.717) is 30.4 Å². The van der Waals surface area contributed by atoms with Gasteiger partial charge in [0.1, 0.15) is 5.60 Å². The van der Waals surface area contributed by atoms with Crippen molar-refractivity contribution >= 4 is 25.3 Å². The number of carbonyl (C=O) groups is 2. The SMILES string of the molecule is CC1=C2C(OC(=O)C3CC3)C(=O)[C@]3(C)C(O[Si](C)(C)c4ccccc4)CC4OCC4(O)C3C(C)C(O)(CC1O)C2(C)C.[Ac]. The fraction of sp³-hybridized carbons (Fsp3) is 0.697. The van der Waals surface area contributed by atoms with Crippen molar-refractivity contribution in [2.24, 2.45) is 28.6 Å². The summed E-state index contributed by atoms with van der Waals surface area (Å²) in [5.74, 6) is -2.44. The van der Waals surface area contributed by atoms with Crippen LogP contribution in [-0.4, -0.2) is 77.6 Å². The van der Waals surface area contributed by atoms with Gasteiger partial charge in [-0.05, 0) is 62.0 Å². The Morgan fingerprint density at radius 3 is 2.28 bits per heavy atom. The molecule has 3 saturated carbocycles. The van der Waals surface area contributed by atoms with Crippen LogP contribution in [-0.2, 0) is 23.5 Å². The summed E-state index contributed by atoms with van der Waals surface area (Å²) < 4.78 is 19.2. The molecule has 233 valence electrons. The maximum absolute atomic E-state index is 15.3. The monoisotopic (exact) mass is 825 g/mol. The number of ether oxygens (including phenoxy) is 2. The Kier molecular flexibility index (Phi) is 8.74. The minimum Gasteiger partial charge on any atom is -0.449 e. The molecule has 1 heterocycles. The van der Waals surface area contributed by atoms with E-state index in [0.717, 1.165) is 5.19 Å². The average Bonchev–Trinajstić information content (AvgIpc) is 3.77. The van der Waals surface area contributed by atoms with E-state index < -0.39 is 72.6 Å². The molecule has 1 aromatic rings. The zero-order valence-corrected chi connectivity index (χ0v) is 32.2. The summed E-state index contributed by atoms with van der Waals surface area (Å²) in [6.45, 7) is 13.4. The zero-order chi connectivity index (χ0) is 30.6. The standard InChI is InChI=1S/C33H46O8Si.Ac/c1-18-22(34)16-33(38)19(2)27-31(5,28(35)26(25(18)30(33,3)4)40-29(36)20-13-14-20)23(15-24-32(27,37)17-39-24)41-42(6,7)21-11-9-8-10-12-21;/h8-12,19-20,22-24,26-27,34,37-38H,13-17H2,1-7H3;/t19?,22?,23?,24?,26?,27?,31-,32?,33?;/m1./s1. The molecule has 4 fully saturated rings. The Bertz CT molecular complexity index is 1330. The van der Waals surface area contributed by atoms with E-state index in [4.69, 9.17) is 13.9 Å². The van der Waals surface area contributed by atoms with Crippen molar-refractivity contribution in [3.63, 3.8) is 0 Å². The first-order chi connectivity index (χ1) is 19.5. The average molecular weight is 826 g/mol. The summed E-state index contributed by atoms with van der Waals surface area (Å²) in [7, 11) is -2.60. The van der Waals surface area contributed by atoms with E-state index in [1.54, 1.807) is 6.92 Å². The number of ketones is 1. The molecule has 8 nitrogen and oxygen atoms in total. The van der Waals surface area contributed by atoms with Crippen LogP contribution in [0.25, 0.3) is 0 Å². The van der Waals surface area contributed by atoms with Gasteiger partial charge in [0.05, 0.1) is 41.9 Å². The van der Waals surface area contributed by atoms with Crippen LogP contribution in [0.2, 0.25) is 13.1 Å². The molecule has 1 radical (unpaired) electrons. The van der Waals surface area contributed by atoms with Crippen LogP contribution in [0.3, 0.4) is 0 Å². The number of benzene rings is 1. The molecule has 10 heteroatoms. The minimum atomic E-state index is -2.60. The van der Waals surface area contributed by atoms with Gasteiger partial charge in [0.25, 0.3) is 0 Å². The molecule has 8 unspecified atom stereocenters. The van der Waals surface area contributed by atoms with Crippen LogP contribution in [0.1, 0.15) is 60.3 Å². The van der Waals surface area contributed by atoms with E-state index in [9.17, 15) is 20.1 Å². The van der Waals surface area contributed by atoms with Crippen molar-refractivity contribution in [1.29, 1.82) is 0 Å². The van der Waals surface area contributed by atoms with Gasteiger partial charge in [0.15, 0.2) is 11.9 Å². The molecule has 0 amide bonds. The maximum atomic E-state index is 15.3. The number of aliphatic hydroxyl groups excluding tert-OH is 1. The normalized spacial score (nSPS) is 42.0. The first kappa shape index (κ1) is 33.9. The van der Waals surface area contributed by atoms with Crippen LogP contribution in [0.15, 0.2) is 41.5 Å². The van der Waals surface area contributed by atoms with Gasteiger partial charge < -0.3 is 29.2 Å². The summed E-state index contributed by atoms with van der Waals surface area (Å²) in [4.78, 5) is 28.5. The number of carbonyl (C=O) groups excluding carboxylic acids is 2. The van der Waals surface area contributed by atoms with Crippen molar-refractivity contribution in [3.8, 4) is 0 Å². The fourth-order valence-electron chi connectivity index (χ4n) is 9.02. The predicted octanol–water partition coefficient (Wildman–Crippen LogP) is 3.02. The Labute approximate surface area is 291 Å². The molecule has 1 aliphatic heterocycles. The van der Waals surface area contributed by atoms with E-state index in [-0.39, 0.29) is 68.8 Å². The first-order valence-corrected chi connectivity index (χ1v) is 18.3. The number of rotatable bonds is 5. The maximum Gasteiger partial charge on any atom is 0.309 e. The molecule has 5 aliphatic rings. The second-order valence-corrected chi connectivity index (χ2v) is 18.7. The van der Waals surface area contributed by atoms with E-state index >= 15 is 4.79 Å². The number of Topliss-reactive ketones (excluding diaryl/α,β-unsaturated/α-hetero) is 1. The first-order valence-electron chi connectivity index (χ1n) is 15.4. The van der Waals surface area contributed by atoms with Gasteiger partial charge in [-0.25, -0.2) is 0 Å². The molecular formula is C33H46AcO8Si. The zero-order valence-electron chi connectivity index (χ0n) is 26.4. The summed E-state index contributed by atoms with van der Waals surface area (Å²) in [5, 5.41) is 37.4. The van der Waals surface area contributed by atoms with Crippen LogP contribution in [0.5, 0.6) is 0 Å². The third-order valence-corrected chi connectivity index (χ3v) is 14.5. The van der Waals surface area contributed by atoms with Gasteiger partial charge in [-0.15, -0.1) is 0 Å². The molecule has 3 N–H and O–H groups in total. The number of hydrogen-bond acceptors (Lipinski definition) is 8. The summed E-state index contributed by atoms with van der Waals surface area (Å²) >= 11 is 0. The molecule has 1 aromatic carbocycles. The molecule has 43 heavy (non-hydrogen) atoms. The predicted molar refractivity (Wildman–Crippen MR) is 158 cm³/mol. The quantitative estimate of drug-likeness (QED) is 0.236. The van der Waals surface area contributed by atoms with Crippen molar-refractivity contribution < 1.29 is 82.9 Å². The molecule has 4 aliphatic carbocycles. The van der Waals surface area contributed by atoms with Gasteiger partial charge in [-0.1, -0.05) is 51.1 Å². The Balaban J connectivity index is 0.00000368. The molecule has 1 saturated heterocycles. The number of esters is 1. The van der Waals surface area contributed by atoms with E-state index in [2.05, 4.69) is 13.1 Å². The molecule has 6 rings (SSSR count). The Morgan fingerprint density at radius 1 is 1.09 bits per heavy atom. The van der Waals surface area contributed by atoms with Gasteiger partial charge in [0.2, 0.25) is 8.32 Å². The van der Waals surface area contributed by atoms with Crippen LogP contribution in [0.4, 0.5) is 0 Å². The largest absolute Gasteiger partial charge is 0.449 e. The van der Waals surface area contributed by atoms with Gasteiger partial charge in [0, 0.05) is 68.2 Å². The van der Waals surface area contributed by atoms with Gasteiger partial charge >= 0.3 is 5.97 Å². The van der Waals surface area contributed by atoms with Crippen molar-refractivity contribution in [1.82, 2.24) is 0 Å². The smallest absolute Gasteiger partial charge is 0.309 e. The molecular weight excluding hydrogens is 779 g/mol. The van der Waals surface area contributed by atoms with Crippen LogP contribution in [0, 0.1) is 72.6 Å². The molecule has 0 aromatic heterocycles. The Morgan fingerprint density at radius 2 is 1.72 bits per heavy atom.